The number of hydrogen-bond donors (Lipinski definition) is 2. The third-order valence-corrected chi connectivity index (χ3v) is 7.05. The first-order valence-electron chi connectivity index (χ1n) is 10.3. The molecule has 7 nitrogen and oxygen atoms in total. The molecule has 2 fully saturated rings. The monoisotopic (exact) mass is 459 g/mol. The number of carbonyl (C=O) groups is 1. The van der Waals surface area contributed by atoms with Gasteiger partial charge in [0.25, 0.3) is 11.5 Å². The van der Waals surface area contributed by atoms with Crippen molar-refractivity contribution in [2.75, 3.05) is 6.61 Å². The fourth-order valence-electron chi connectivity index (χ4n) is 4.37. The van der Waals surface area contributed by atoms with Crippen LogP contribution in [0.15, 0.2) is 34.4 Å². The Labute approximate surface area is 187 Å². The van der Waals surface area contributed by atoms with Gasteiger partial charge in [-0.1, -0.05) is 23.7 Å². The summed E-state index contributed by atoms with van der Waals surface area (Å²) in [4.78, 5) is 32.6. The first-order valence-corrected chi connectivity index (χ1v) is 11.6. The lowest BCUT2D eigenvalue weighted by Gasteiger charge is -2.18. The van der Waals surface area contributed by atoms with Gasteiger partial charge in [0.2, 0.25) is 5.82 Å². The number of halogens is 1. The van der Waals surface area contributed by atoms with Gasteiger partial charge in [-0.3, -0.25) is 9.59 Å². The highest BCUT2D eigenvalue weighted by molar-refractivity contribution is 7.16. The zero-order chi connectivity index (χ0) is 21.4. The molecule has 2 aromatic heterocycles. The molecule has 0 radical (unpaired) electrons. The van der Waals surface area contributed by atoms with E-state index in [1.807, 2.05) is 17.5 Å². The van der Waals surface area contributed by atoms with Crippen molar-refractivity contribution in [2.24, 2.45) is 5.92 Å². The number of carbonyl (C=O) groups excluding carboxylic acids is 1. The molecule has 3 unspecified atom stereocenters. The van der Waals surface area contributed by atoms with Crippen LogP contribution in [0.25, 0.3) is 10.2 Å². The lowest BCUT2D eigenvalue weighted by atomic mass is 9.90. The summed E-state index contributed by atoms with van der Waals surface area (Å²) in [5.41, 5.74) is 1.32. The van der Waals surface area contributed by atoms with Crippen LogP contribution in [-0.2, 0) is 22.6 Å². The summed E-state index contributed by atoms with van der Waals surface area (Å²) in [5, 5.41) is 5.72. The Morgan fingerprint density at radius 2 is 2.29 bits per heavy atom. The molecule has 1 aromatic carbocycles. The topological polar surface area (TPSA) is 93.3 Å². The summed E-state index contributed by atoms with van der Waals surface area (Å²) in [5.74, 6) is -0.00992. The summed E-state index contributed by atoms with van der Waals surface area (Å²) in [6, 6.07) is 7.22. The van der Waals surface area contributed by atoms with Crippen LogP contribution in [-0.4, -0.2) is 34.7 Å². The SMILES string of the molecule is O=C(NCc1cccc(Cl)c1)c1nc2scc(COCC3CC4CCC3O4)c2c(=O)[nH]1. The van der Waals surface area contributed by atoms with Crippen molar-refractivity contribution in [3.05, 3.63) is 62.0 Å². The summed E-state index contributed by atoms with van der Waals surface area (Å²) in [7, 11) is 0. The minimum absolute atomic E-state index is 0.00650. The van der Waals surface area contributed by atoms with Gasteiger partial charge in [0.1, 0.15) is 4.83 Å². The molecule has 3 atom stereocenters. The molecular weight excluding hydrogens is 438 g/mol. The molecule has 0 saturated carbocycles. The molecule has 4 heterocycles. The van der Waals surface area contributed by atoms with E-state index >= 15 is 0 Å². The third-order valence-electron chi connectivity index (χ3n) is 5.90. The molecule has 0 aliphatic carbocycles. The summed E-state index contributed by atoms with van der Waals surface area (Å²) in [6.07, 6.45) is 4.06. The Morgan fingerprint density at radius 1 is 1.39 bits per heavy atom. The van der Waals surface area contributed by atoms with Crippen molar-refractivity contribution < 1.29 is 14.3 Å². The molecule has 2 bridgehead atoms. The number of benzene rings is 1. The Bertz CT molecular complexity index is 1180. The Balaban J connectivity index is 1.23. The van der Waals surface area contributed by atoms with Crippen LogP contribution in [0.2, 0.25) is 5.02 Å². The van der Waals surface area contributed by atoms with Crippen LogP contribution < -0.4 is 10.9 Å². The summed E-state index contributed by atoms with van der Waals surface area (Å²) < 4.78 is 11.8. The third kappa shape index (κ3) is 4.39. The van der Waals surface area contributed by atoms with Gasteiger partial charge >= 0.3 is 0 Å². The van der Waals surface area contributed by atoms with Crippen molar-refractivity contribution >= 4 is 39.1 Å². The van der Waals surface area contributed by atoms with E-state index < -0.39 is 5.91 Å². The second-order valence-electron chi connectivity index (χ2n) is 8.05. The fourth-order valence-corrected chi connectivity index (χ4v) is 5.51. The molecule has 2 saturated heterocycles. The van der Waals surface area contributed by atoms with Crippen molar-refractivity contribution in [1.82, 2.24) is 15.3 Å². The van der Waals surface area contributed by atoms with Gasteiger partial charge in [-0.2, -0.15) is 0 Å². The number of H-pyrrole nitrogens is 1. The van der Waals surface area contributed by atoms with Gasteiger partial charge < -0.3 is 19.8 Å². The molecule has 2 aliphatic heterocycles. The van der Waals surface area contributed by atoms with Crippen LogP contribution in [0.1, 0.15) is 41.0 Å². The molecule has 162 valence electrons. The standard InChI is InChI=1S/C22H22ClN3O4S/c23-15-3-1-2-12(6-15)8-24-21(28)19-25-20(27)18-14(11-31-22(18)26-19)10-29-9-13-7-16-4-5-17(13)30-16/h1-3,6,11,13,16-17H,4-5,7-10H2,(H,24,28)(H,25,26,27). The van der Waals surface area contributed by atoms with Gasteiger partial charge in [-0.25, -0.2) is 4.98 Å². The molecule has 1 amide bonds. The summed E-state index contributed by atoms with van der Waals surface area (Å²) >= 11 is 7.31. The van der Waals surface area contributed by atoms with E-state index in [2.05, 4.69) is 15.3 Å². The van der Waals surface area contributed by atoms with Gasteiger partial charge in [-0.15, -0.1) is 11.3 Å². The molecule has 3 aromatic rings. The van der Waals surface area contributed by atoms with E-state index in [9.17, 15) is 9.59 Å². The highest BCUT2D eigenvalue weighted by Crippen LogP contribution is 2.39. The second kappa shape index (κ2) is 8.70. The lowest BCUT2D eigenvalue weighted by Crippen LogP contribution is -2.27. The molecule has 9 heteroatoms. The predicted octanol–water partition coefficient (Wildman–Crippen LogP) is 3.65. The van der Waals surface area contributed by atoms with E-state index in [4.69, 9.17) is 21.1 Å². The maximum atomic E-state index is 12.7. The Kier molecular flexibility index (Phi) is 5.79. The van der Waals surface area contributed by atoms with E-state index in [-0.39, 0.29) is 17.9 Å². The predicted molar refractivity (Wildman–Crippen MR) is 119 cm³/mol. The van der Waals surface area contributed by atoms with Crippen molar-refractivity contribution in [3.63, 3.8) is 0 Å². The van der Waals surface area contributed by atoms with Gasteiger partial charge in [0, 0.05) is 23.0 Å². The minimum atomic E-state index is -0.443. The quantitative estimate of drug-likeness (QED) is 0.562. The first-order chi connectivity index (χ1) is 15.1. The van der Waals surface area contributed by atoms with Crippen LogP contribution in [0, 0.1) is 5.92 Å². The maximum absolute atomic E-state index is 12.7. The number of amides is 1. The molecule has 2 aliphatic rings. The smallest absolute Gasteiger partial charge is 0.287 e. The number of aromatic nitrogens is 2. The number of nitrogens with one attached hydrogen (secondary N) is 2. The highest BCUT2D eigenvalue weighted by atomic mass is 35.5. The largest absolute Gasteiger partial charge is 0.376 e. The number of thiophene rings is 1. The lowest BCUT2D eigenvalue weighted by molar-refractivity contribution is 0.0454. The van der Waals surface area contributed by atoms with Gasteiger partial charge in [0.15, 0.2) is 0 Å². The Hall–Kier alpha value is -2.26. The normalized spacial score (nSPS) is 22.3. The van der Waals surface area contributed by atoms with Gasteiger partial charge in [-0.05, 0) is 42.3 Å². The average Bonchev–Trinajstić information content (AvgIpc) is 3.48. The number of hydrogen-bond acceptors (Lipinski definition) is 6. The van der Waals surface area contributed by atoms with E-state index in [1.54, 1.807) is 12.1 Å². The van der Waals surface area contributed by atoms with Crippen LogP contribution >= 0.6 is 22.9 Å². The van der Waals surface area contributed by atoms with Crippen molar-refractivity contribution in [3.8, 4) is 0 Å². The second-order valence-corrected chi connectivity index (χ2v) is 9.35. The zero-order valence-electron chi connectivity index (χ0n) is 16.7. The minimum Gasteiger partial charge on any atom is -0.376 e. The molecule has 2 N–H and O–H groups in total. The summed E-state index contributed by atoms with van der Waals surface area (Å²) in [6.45, 7) is 1.27. The number of ether oxygens (including phenoxy) is 2. The zero-order valence-corrected chi connectivity index (χ0v) is 18.3. The first kappa shape index (κ1) is 20.6. The van der Waals surface area contributed by atoms with Crippen molar-refractivity contribution in [2.45, 2.75) is 44.6 Å². The number of nitrogens with zero attached hydrogens (tertiary/aromatic N) is 1. The van der Waals surface area contributed by atoms with E-state index in [0.29, 0.717) is 46.6 Å². The van der Waals surface area contributed by atoms with E-state index in [0.717, 1.165) is 30.4 Å². The number of aromatic amines is 1. The average molecular weight is 460 g/mol. The van der Waals surface area contributed by atoms with E-state index in [1.165, 1.54) is 11.3 Å². The Morgan fingerprint density at radius 3 is 3.06 bits per heavy atom. The highest BCUT2D eigenvalue weighted by Gasteiger charge is 2.40. The molecular formula is C22H22ClN3O4S. The maximum Gasteiger partial charge on any atom is 0.287 e. The number of fused-ring (bicyclic) bond motifs is 3. The van der Waals surface area contributed by atoms with Crippen LogP contribution in [0.3, 0.4) is 0 Å². The van der Waals surface area contributed by atoms with Gasteiger partial charge in [0.05, 0.1) is 30.8 Å². The molecule has 31 heavy (non-hydrogen) atoms. The molecule has 0 spiro atoms. The molecule has 5 rings (SSSR count). The van der Waals surface area contributed by atoms with Crippen LogP contribution in [0.5, 0.6) is 0 Å². The number of rotatable bonds is 7. The van der Waals surface area contributed by atoms with Crippen LogP contribution in [0.4, 0.5) is 0 Å². The van der Waals surface area contributed by atoms with Crippen molar-refractivity contribution in [1.29, 1.82) is 0 Å². The fraction of sp³-hybridized carbons (Fsp3) is 0.409.